The first-order valence-electron chi connectivity index (χ1n) is 8.85. The Kier molecular flexibility index (Phi) is 6.19. The molecule has 1 aliphatic heterocycles. The Labute approximate surface area is 154 Å². The molecule has 0 aliphatic carbocycles. The van der Waals surface area contributed by atoms with E-state index >= 15 is 0 Å². The molecule has 26 heavy (non-hydrogen) atoms. The maximum absolute atomic E-state index is 5.41. The van der Waals surface area contributed by atoms with Gasteiger partial charge in [-0.2, -0.15) is 0 Å². The number of benzene rings is 2. The van der Waals surface area contributed by atoms with Gasteiger partial charge in [-0.05, 0) is 36.2 Å². The van der Waals surface area contributed by atoms with Gasteiger partial charge in [-0.25, -0.2) is 0 Å². The molecule has 0 unspecified atom stereocenters. The van der Waals surface area contributed by atoms with Crippen LogP contribution in [0.15, 0.2) is 53.5 Å². The van der Waals surface area contributed by atoms with Crippen LogP contribution in [0.3, 0.4) is 0 Å². The van der Waals surface area contributed by atoms with Crippen molar-refractivity contribution in [3.8, 4) is 11.5 Å². The Balaban J connectivity index is 1.38. The van der Waals surface area contributed by atoms with E-state index < -0.39 is 0 Å². The molecule has 6 heteroatoms. The van der Waals surface area contributed by atoms with Crippen molar-refractivity contribution in [2.24, 2.45) is 4.99 Å². The van der Waals surface area contributed by atoms with Crippen LogP contribution in [-0.4, -0.2) is 39.9 Å². The van der Waals surface area contributed by atoms with Gasteiger partial charge in [0.1, 0.15) is 0 Å². The van der Waals surface area contributed by atoms with Crippen LogP contribution in [0.4, 0.5) is 5.69 Å². The molecule has 2 N–H and O–H groups in total. The van der Waals surface area contributed by atoms with Crippen LogP contribution < -0.4 is 25.0 Å². The Morgan fingerprint density at radius 1 is 1.08 bits per heavy atom. The fraction of sp³-hybridized carbons (Fsp3) is 0.350. The summed E-state index contributed by atoms with van der Waals surface area (Å²) in [6.45, 7) is 2.82. The number of nitrogens with one attached hydrogen (secondary N) is 2. The molecule has 0 atom stereocenters. The number of guanidine groups is 1. The summed E-state index contributed by atoms with van der Waals surface area (Å²) in [6.07, 6.45) is 1.02. The number of rotatable bonds is 7. The van der Waals surface area contributed by atoms with Crippen molar-refractivity contribution in [3.63, 3.8) is 0 Å². The third-order valence-corrected chi connectivity index (χ3v) is 4.28. The molecule has 6 nitrogen and oxygen atoms in total. The molecular formula is C20H26N4O2. The normalized spacial score (nSPS) is 12.8. The molecule has 0 amide bonds. The fourth-order valence-corrected chi connectivity index (χ4v) is 2.79. The quantitative estimate of drug-likeness (QED) is 0.455. The van der Waals surface area contributed by atoms with Crippen molar-refractivity contribution in [1.29, 1.82) is 0 Å². The highest BCUT2D eigenvalue weighted by Crippen LogP contribution is 2.32. The molecule has 2 aromatic carbocycles. The van der Waals surface area contributed by atoms with E-state index in [-0.39, 0.29) is 0 Å². The van der Waals surface area contributed by atoms with Gasteiger partial charge in [0.2, 0.25) is 6.79 Å². The van der Waals surface area contributed by atoms with Crippen LogP contribution in [-0.2, 0) is 6.54 Å². The van der Waals surface area contributed by atoms with Crippen molar-refractivity contribution >= 4 is 11.6 Å². The highest BCUT2D eigenvalue weighted by molar-refractivity contribution is 5.79. The van der Waals surface area contributed by atoms with Crippen LogP contribution in [0.5, 0.6) is 11.5 Å². The van der Waals surface area contributed by atoms with Gasteiger partial charge in [-0.3, -0.25) is 4.99 Å². The average molecular weight is 354 g/mol. The van der Waals surface area contributed by atoms with Crippen molar-refractivity contribution < 1.29 is 9.47 Å². The molecule has 0 bridgehead atoms. The van der Waals surface area contributed by atoms with E-state index in [9.17, 15) is 0 Å². The van der Waals surface area contributed by atoms with E-state index in [0.29, 0.717) is 13.3 Å². The molecule has 0 fully saturated rings. The van der Waals surface area contributed by atoms with Gasteiger partial charge in [0.15, 0.2) is 17.5 Å². The monoisotopic (exact) mass is 354 g/mol. The third kappa shape index (κ3) is 4.81. The predicted octanol–water partition coefficient (Wildman–Crippen LogP) is 2.61. The van der Waals surface area contributed by atoms with Crippen molar-refractivity contribution in [2.45, 2.75) is 13.0 Å². The molecule has 1 aliphatic rings. The standard InChI is InChI=1S/C20H26N4O2/c1-21-20(22-11-6-12-24(2)17-7-4-3-5-8-17)23-14-16-9-10-18-19(13-16)26-15-25-18/h3-5,7-10,13H,6,11-12,14-15H2,1-2H3,(H2,21,22,23). The lowest BCUT2D eigenvalue weighted by Gasteiger charge is -2.19. The number of nitrogens with zero attached hydrogens (tertiary/aromatic N) is 2. The molecule has 0 radical (unpaired) electrons. The summed E-state index contributed by atoms with van der Waals surface area (Å²) in [7, 11) is 3.90. The number of fused-ring (bicyclic) bond motifs is 1. The van der Waals surface area contributed by atoms with Gasteiger partial charge < -0.3 is 25.0 Å². The number of hydrogen-bond acceptors (Lipinski definition) is 4. The van der Waals surface area contributed by atoms with E-state index in [1.807, 2.05) is 24.3 Å². The van der Waals surface area contributed by atoms with Crippen LogP contribution in [0.2, 0.25) is 0 Å². The largest absolute Gasteiger partial charge is 0.454 e. The highest BCUT2D eigenvalue weighted by atomic mass is 16.7. The summed E-state index contributed by atoms with van der Waals surface area (Å²) in [5, 5.41) is 6.68. The maximum Gasteiger partial charge on any atom is 0.231 e. The Morgan fingerprint density at radius 2 is 1.88 bits per heavy atom. The summed E-state index contributed by atoms with van der Waals surface area (Å²) in [6, 6.07) is 16.4. The number of hydrogen-bond donors (Lipinski definition) is 2. The Hall–Kier alpha value is -2.89. The highest BCUT2D eigenvalue weighted by Gasteiger charge is 2.13. The third-order valence-electron chi connectivity index (χ3n) is 4.28. The summed E-state index contributed by atoms with van der Waals surface area (Å²) in [5.74, 6) is 2.40. The Morgan fingerprint density at radius 3 is 2.69 bits per heavy atom. The lowest BCUT2D eigenvalue weighted by Crippen LogP contribution is -2.38. The molecule has 0 saturated carbocycles. The second kappa shape index (κ2) is 8.99. The summed E-state index contributed by atoms with van der Waals surface area (Å²) < 4.78 is 10.7. The Bertz CT molecular complexity index is 734. The van der Waals surface area contributed by atoms with Crippen LogP contribution in [0.1, 0.15) is 12.0 Å². The molecular weight excluding hydrogens is 328 g/mol. The van der Waals surface area contributed by atoms with E-state index in [4.69, 9.17) is 9.47 Å². The zero-order valence-electron chi connectivity index (χ0n) is 15.4. The lowest BCUT2D eigenvalue weighted by atomic mass is 10.2. The molecule has 1 heterocycles. The van der Waals surface area contributed by atoms with Crippen molar-refractivity contribution in [2.75, 3.05) is 38.9 Å². The minimum absolute atomic E-state index is 0.298. The first-order chi connectivity index (χ1) is 12.8. The summed E-state index contributed by atoms with van der Waals surface area (Å²) in [5.41, 5.74) is 2.36. The SMILES string of the molecule is CN=C(NCCCN(C)c1ccccc1)NCc1ccc2c(c1)OCO2. The van der Waals surface area contributed by atoms with Crippen molar-refractivity contribution in [1.82, 2.24) is 10.6 Å². The van der Waals surface area contributed by atoms with Crippen LogP contribution in [0.25, 0.3) is 0 Å². The minimum atomic E-state index is 0.298. The topological polar surface area (TPSA) is 58.1 Å². The van der Waals surface area contributed by atoms with Gasteiger partial charge >= 0.3 is 0 Å². The van der Waals surface area contributed by atoms with Crippen molar-refractivity contribution in [3.05, 3.63) is 54.1 Å². The van der Waals surface area contributed by atoms with Crippen LogP contribution in [0, 0.1) is 0 Å². The molecule has 0 aromatic heterocycles. The van der Waals surface area contributed by atoms with Gasteiger partial charge in [-0.15, -0.1) is 0 Å². The van der Waals surface area contributed by atoms with E-state index in [1.54, 1.807) is 7.05 Å². The van der Waals surface area contributed by atoms with Gasteiger partial charge in [0.05, 0.1) is 0 Å². The lowest BCUT2D eigenvalue weighted by molar-refractivity contribution is 0.174. The summed E-state index contributed by atoms with van der Waals surface area (Å²) >= 11 is 0. The van der Waals surface area contributed by atoms with Gasteiger partial charge in [-0.1, -0.05) is 24.3 Å². The molecule has 138 valence electrons. The molecule has 0 spiro atoms. The minimum Gasteiger partial charge on any atom is -0.454 e. The first kappa shape index (κ1) is 17.9. The van der Waals surface area contributed by atoms with Gasteiger partial charge in [0.25, 0.3) is 0 Å². The second-order valence-corrected chi connectivity index (χ2v) is 6.15. The number of ether oxygens (including phenoxy) is 2. The van der Waals surface area contributed by atoms with Gasteiger partial charge in [0, 0.05) is 39.4 Å². The maximum atomic E-state index is 5.41. The summed E-state index contributed by atoms with van der Waals surface area (Å²) in [4.78, 5) is 6.53. The molecule has 3 rings (SSSR count). The van der Waals surface area contributed by atoms with E-state index in [0.717, 1.165) is 42.5 Å². The van der Waals surface area contributed by atoms with Crippen LogP contribution >= 0.6 is 0 Å². The average Bonchev–Trinajstić information content (AvgIpc) is 3.15. The second-order valence-electron chi connectivity index (χ2n) is 6.15. The zero-order chi connectivity index (χ0) is 18.2. The fourth-order valence-electron chi connectivity index (χ4n) is 2.79. The van der Waals surface area contributed by atoms with E-state index in [1.165, 1.54) is 5.69 Å². The smallest absolute Gasteiger partial charge is 0.231 e. The number of para-hydroxylation sites is 1. The zero-order valence-corrected chi connectivity index (χ0v) is 15.4. The van der Waals surface area contributed by atoms with E-state index in [2.05, 4.69) is 51.8 Å². The number of anilines is 1. The molecule has 2 aromatic rings. The molecule has 0 saturated heterocycles. The predicted molar refractivity (Wildman–Crippen MR) is 105 cm³/mol. The first-order valence-corrected chi connectivity index (χ1v) is 8.85. The number of aliphatic imine (C=N–C) groups is 1.